The lowest BCUT2D eigenvalue weighted by molar-refractivity contribution is 0.200. The van der Waals surface area contributed by atoms with Crippen molar-refractivity contribution in [3.8, 4) is 0 Å². The van der Waals surface area contributed by atoms with Crippen molar-refractivity contribution >= 4 is 11.8 Å². The minimum absolute atomic E-state index is 0.0255. The first-order chi connectivity index (χ1) is 7.93. The fourth-order valence-electron chi connectivity index (χ4n) is 1.48. The van der Waals surface area contributed by atoms with E-state index in [9.17, 15) is 0 Å². The predicted molar refractivity (Wildman–Crippen MR) is 71.1 cm³/mol. The van der Waals surface area contributed by atoms with E-state index in [1.54, 1.807) is 11.8 Å². The first kappa shape index (κ1) is 14.4. The summed E-state index contributed by atoms with van der Waals surface area (Å²) in [7, 11) is 0. The molecule has 0 aliphatic rings. The van der Waals surface area contributed by atoms with Gasteiger partial charge in [-0.2, -0.15) is 0 Å². The number of aliphatic hydroxyl groups is 1. The third-order valence-corrected chi connectivity index (χ3v) is 3.38. The number of nitrogens with two attached hydrogens (primary N) is 1. The molecule has 17 heavy (non-hydrogen) atoms. The summed E-state index contributed by atoms with van der Waals surface area (Å²) in [4.78, 5) is 8.72. The Bertz CT molecular complexity index is 349. The molecule has 1 heterocycles. The van der Waals surface area contributed by atoms with Crippen molar-refractivity contribution in [2.75, 3.05) is 12.4 Å². The summed E-state index contributed by atoms with van der Waals surface area (Å²) in [5, 5.41) is 9.85. The van der Waals surface area contributed by atoms with Crippen LogP contribution >= 0.6 is 11.8 Å². The molecule has 0 saturated carbocycles. The number of aliphatic hydroxyl groups excluding tert-OH is 1. The monoisotopic (exact) mass is 255 g/mol. The summed E-state index contributed by atoms with van der Waals surface area (Å²) in [6.45, 7) is 5.84. The number of nitrogens with zero attached hydrogens (tertiary/aromatic N) is 2. The van der Waals surface area contributed by atoms with Gasteiger partial charge in [0, 0.05) is 22.7 Å². The van der Waals surface area contributed by atoms with Crippen LogP contribution < -0.4 is 5.73 Å². The largest absolute Gasteiger partial charge is 0.394 e. The van der Waals surface area contributed by atoms with Crippen LogP contribution in [0.3, 0.4) is 0 Å². The Morgan fingerprint density at radius 1 is 1.35 bits per heavy atom. The number of aryl methyl sites for hydroxylation is 2. The van der Waals surface area contributed by atoms with Crippen molar-refractivity contribution in [1.29, 1.82) is 0 Å². The van der Waals surface area contributed by atoms with Crippen molar-refractivity contribution in [1.82, 2.24) is 9.97 Å². The van der Waals surface area contributed by atoms with Crippen LogP contribution in [-0.4, -0.2) is 33.0 Å². The Balaban J connectivity index is 2.36. The zero-order valence-electron chi connectivity index (χ0n) is 10.7. The van der Waals surface area contributed by atoms with E-state index in [1.807, 2.05) is 26.8 Å². The molecular weight excluding hydrogens is 234 g/mol. The molecule has 1 rings (SSSR count). The maximum atomic E-state index is 9.03. The van der Waals surface area contributed by atoms with Crippen molar-refractivity contribution in [3.63, 3.8) is 0 Å². The molecule has 1 aromatic heterocycles. The Labute approximate surface area is 107 Å². The molecule has 1 aromatic rings. The molecule has 3 N–H and O–H groups in total. The van der Waals surface area contributed by atoms with Gasteiger partial charge in [0.1, 0.15) is 0 Å². The van der Waals surface area contributed by atoms with Crippen molar-refractivity contribution in [2.45, 2.75) is 44.3 Å². The SMILES string of the molecule is Cc1cc(C)nc(SCCCC(C)(N)CO)n1. The molecule has 0 aliphatic heterocycles. The fraction of sp³-hybridized carbons (Fsp3) is 0.667. The molecule has 0 bridgehead atoms. The molecule has 0 spiro atoms. The van der Waals surface area contributed by atoms with Crippen molar-refractivity contribution < 1.29 is 5.11 Å². The summed E-state index contributed by atoms with van der Waals surface area (Å²) >= 11 is 1.64. The molecule has 0 fully saturated rings. The second kappa shape index (κ2) is 6.33. The quantitative estimate of drug-likeness (QED) is 0.459. The van der Waals surface area contributed by atoms with Gasteiger partial charge >= 0.3 is 0 Å². The zero-order valence-corrected chi connectivity index (χ0v) is 11.5. The topological polar surface area (TPSA) is 72.0 Å². The molecule has 1 atom stereocenters. The van der Waals surface area contributed by atoms with Gasteiger partial charge in [0.15, 0.2) is 5.16 Å². The maximum Gasteiger partial charge on any atom is 0.187 e. The summed E-state index contributed by atoms with van der Waals surface area (Å²) in [5.41, 5.74) is 7.38. The molecule has 1 unspecified atom stereocenters. The minimum Gasteiger partial charge on any atom is -0.394 e. The van der Waals surface area contributed by atoms with E-state index in [4.69, 9.17) is 10.8 Å². The first-order valence-corrected chi connectivity index (χ1v) is 6.76. The van der Waals surface area contributed by atoms with Crippen molar-refractivity contribution in [2.24, 2.45) is 5.73 Å². The van der Waals surface area contributed by atoms with Crippen LogP contribution in [0.2, 0.25) is 0 Å². The van der Waals surface area contributed by atoms with Gasteiger partial charge in [-0.3, -0.25) is 0 Å². The molecule has 0 amide bonds. The van der Waals surface area contributed by atoms with Gasteiger partial charge in [-0.25, -0.2) is 9.97 Å². The molecule has 4 nitrogen and oxygen atoms in total. The normalized spacial score (nSPS) is 14.6. The van der Waals surface area contributed by atoms with Crippen LogP contribution in [0.1, 0.15) is 31.2 Å². The highest BCUT2D eigenvalue weighted by molar-refractivity contribution is 7.99. The lowest BCUT2D eigenvalue weighted by Gasteiger charge is -2.20. The molecule has 0 aromatic carbocycles. The van der Waals surface area contributed by atoms with Crippen LogP contribution in [0.25, 0.3) is 0 Å². The average Bonchev–Trinajstić information content (AvgIpc) is 2.23. The van der Waals surface area contributed by atoms with Crippen LogP contribution in [0.5, 0.6) is 0 Å². The summed E-state index contributed by atoms with van der Waals surface area (Å²) in [6.07, 6.45) is 1.76. The fourth-order valence-corrected chi connectivity index (χ4v) is 2.36. The third kappa shape index (κ3) is 5.48. The highest BCUT2D eigenvalue weighted by Gasteiger charge is 2.16. The average molecular weight is 255 g/mol. The summed E-state index contributed by atoms with van der Waals surface area (Å²) in [6, 6.07) is 1.97. The lowest BCUT2D eigenvalue weighted by atomic mass is 9.99. The molecule has 0 aliphatic carbocycles. The molecular formula is C12H21N3OS. The number of thioether (sulfide) groups is 1. The van der Waals surface area contributed by atoms with E-state index in [0.29, 0.717) is 0 Å². The molecule has 0 saturated heterocycles. The van der Waals surface area contributed by atoms with Gasteiger partial charge in [0.2, 0.25) is 0 Å². The highest BCUT2D eigenvalue weighted by Crippen LogP contribution is 2.18. The molecule has 96 valence electrons. The van der Waals surface area contributed by atoms with Gasteiger partial charge < -0.3 is 10.8 Å². The van der Waals surface area contributed by atoms with Gasteiger partial charge in [0.05, 0.1) is 6.61 Å². The number of rotatable bonds is 6. The predicted octanol–water partition coefficient (Wildman–Crippen LogP) is 1.68. The van der Waals surface area contributed by atoms with E-state index < -0.39 is 5.54 Å². The minimum atomic E-state index is -0.468. The Morgan fingerprint density at radius 3 is 2.47 bits per heavy atom. The second-order valence-electron chi connectivity index (χ2n) is 4.70. The third-order valence-electron chi connectivity index (χ3n) is 2.45. The number of aromatic nitrogens is 2. The Morgan fingerprint density at radius 2 is 1.94 bits per heavy atom. The van der Waals surface area contributed by atoms with E-state index in [-0.39, 0.29) is 6.61 Å². The van der Waals surface area contributed by atoms with E-state index in [2.05, 4.69) is 9.97 Å². The van der Waals surface area contributed by atoms with Crippen LogP contribution in [0.4, 0.5) is 0 Å². The maximum absolute atomic E-state index is 9.03. The summed E-state index contributed by atoms with van der Waals surface area (Å²) < 4.78 is 0. The molecule has 0 radical (unpaired) electrons. The lowest BCUT2D eigenvalue weighted by Crippen LogP contribution is -2.40. The van der Waals surface area contributed by atoms with Gasteiger partial charge in [-0.15, -0.1) is 0 Å². The van der Waals surface area contributed by atoms with Gasteiger partial charge in [0.25, 0.3) is 0 Å². The Hall–Kier alpha value is -0.650. The second-order valence-corrected chi connectivity index (χ2v) is 5.76. The highest BCUT2D eigenvalue weighted by atomic mass is 32.2. The van der Waals surface area contributed by atoms with Gasteiger partial charge in [-0.05, 0) is 39.7 Å². The first-order valence-electron chi connectivity index (χ1n) is 5.78. The van der Waals surface area contributed by atoms with E-state index in [1.165, 1.54) is 0 Å². The number of hydrogen-bond acceptors (Lipinski definition) is 5. The Kier molecular flexibility index (Phi) is 5.36. The van der Waals surface area contributed by atoms with E-state index in [0.717, 1.165) is 35.1 Å². The van der Waals surface area contributed by atoms with Gasteiger partial charge in [-0.1, -0.05) is 11.8 Å². The molecule has 5 heteroatoms. The van der Waals surface area contributed by atoms with Crippen LogP contribution in [-0.2, 0) is 0 Å². The summed E-state index contributed by atoms with van der Waals surface area (Å²) in [5.74, 6) is 0.926. The number of hydrogen-bond donors (Lipinski definition) is 2. The zero-order chi connectivity index (χ0) is 12.9. The standard InChI is InChI=1S/C12H21N3OS/c1-9-7-10(2)15-11(14-9)17-6-4-5-12(3,13)8-16/h7,16H,4-6,8,13H2,1-3H3. The van der Waals surface area contributed by atoms with Crippen LogP contribution in [0, 0.1) is 13.8 Å². The van der Waals surface area contributed by atoms with Crippen molar-refractivity contribution in [3.05, 3.63) is 17.5 Å². The van der Waals surface area contributed by atoms with Crippen LogP contribution in [0.15, 0.2) is 11.2 Å². The smallest absolute Gasteiger partial charge is 0.187 e. The van der Waals surface area contributed by atoms with E-state index >= 15 is 0 Å².